The summed E-state index contributed by atoms with van der Waals surface area (Å²) >= 11 is 2.33. The molecule has 0 saturated heterocycles. The lowest BCUT2D eigenvalue weighted by atomic mass is 9.95. The minimum atomic E-state index is -0.391. The zero-order valence-corrected chi connectivity index (χ0v) is 15.5. The third kappa shape index (κ3) is 3.42. The van der Waals surface area contributed by atoms with Crippen molar-refractivity contribution in [3.05, 3.63) is 15.1 Å². The van der Waals surface area contributed by atoms with Crippen molar-refractivity contribution in [1.29, 1.82) is 0 Å². The molecule has 1 rings (SSSR count). The van der Waals surface area contributed by atoms with Crippen LogP contribution in [0.4, 0.5) is 5.82 Å². The van der Waals surface area contributed by atoms with Gasteiger partial charge in [0.2, 0.25) is 0 Å². The molecule has 1 N–H and O–H groups in total. The SMILES string of the molecule is CCNc1nc(C(CC)(CC)OC)nc(C(C)C)c1I. The number of ether oxygens (including phenoxy) is 1. The second-order valence-corrected chi connectivity index (χ2v) is 6.26. The maximum Gasteiger partial charge on any atom is 0.162 e. The number of anilines is 1. The number of aromatic nitrogens is 2. The van der Waals surface area contributed by atoms with Crippen LogP contribution in [0.1, 0.15) is 64.9 Å². The molecule has 0 bridgehead atoms. The summed E-state index contributed by atoms with van der Waals surface area (Å²) in [6.45, 7) is 11.5. The first-order valence-corrected chi connectivity index (χ1v) is 8.40. The summed E-state index contributed by atoms with van der Waals surface area (Å²) in [6, 6.07) is 0. The van der Waals surface area contributed by atoms with E-state index in [9.17, 15) is 0 Å². The molecule has 0 aliphatic carbocycles. The summed E-state index contributed by atoms with van der Waals surface area (Å²) in [6.07, 6.45) is 1.73. The average molecular weight is 391 g/mol. The van der Waals surface area contributed by atoms with Crippen LogP contribution in [-0.2, 0) is 10.3 Å². The topological polar surface area (TPSA) is 47.0 Å². The van der Waals surface area contributed by atoms with Crippen LogP contribution in [-0.4, -0.2) is 23.6 Å². The predicted molar refractivity (Wildman–Crippen MR) is 92.3 cm³/mol. The number of halogens is 1. The Balaban J connectivity index is 3.47. The predicted octanol–water partition coefficient (Wildman–Crippen LogP) is 4.30. The van der Waals surface area contributed by atoms with Gasteiger partial charge in [0, 0.05) is 13.7 Å². The van der Waals surface area contributed by atoms with Crippen LogP contribution < -0.4 is 5.32 Å². The minimum Gasteiger partial charge on any atom is -0.370 e. The maximum absolute atomic E-state index is 5.77. The molecule has 1 aromatic heterocycles. The number of methoxy groups -OCH3 is 1. The van der Waals surface area contributed by atoms with Crippen LogP contribution in [0, 0.1) is 3.57 Å². The van der Waals surface area contributed by atoms with Gasteiger partial charge in [-0.25, -0.2) is 9.97 Å². The molecule has 0 aromatic carbocycles. The van der Waals surface area contributed by atoms with Crippen molar-refractivity contribution in [1.82, 2.24) is 9.97 Å². The number of hydrogen-bond acceptors (Lipinski definition) is 4. The van der Waals surface area contributed by atoms with Gasteiger partial charge in [-0.2, -0.15) is 0 Å². The molecule has 0 unspecified atom stereocenters. The van der Waals surface area contributed by atoms with Gasteiger partial charge in [-0.15, -0.1) is 0 Å². The lowest BCUT2D eigenvalue weighted by molar-refractivity contribution is -0.0292. The first kappa shape index (κ1) is 17.6. The van der Waals surface area contributed by atoms with Crippen LogP contribution in [0.5, 0.6) is 0 Å². The van der Waals surface area contributed by atoms with E-state index in [0.29, 0.717) is 5.92 Å². The van der Waals surface area contributed by atoms with Gasteiger partial charge < -0.3 is 10.1 Å². The van der Waals surface area contributed by atoms with Gasteiger partial charge in [0.1, 0.15) is 11.4 Å². The molecule has 0 saturated carbocycles. The Morgan fingerprint density at radius 3 is 2.20 bits per heavy atom. The zero-order chi connectivity index (χ0) is 15.3. The Kier molecular flexibility index (Phi) is 6.64. The molecular weight excluding hydrogens is 365 g/mol. The molecule has 1 aromatic rings. The Labute approximate surface area is 136 Å². The van der Waals surface area contributed by atoms with Gasteiger partial charge in [0.05, 0.1) is 9.26 Å². The molecule has 0 atom stereocenters. The van der Waals surface area contributed by atoms with Gasteiger partial charge in [-0.3, -0.25) is 0 Å². The largest absolute Gasteiger partial charge is 0.370 e. The van der Waals surface area contributed by atoms with Crippen LogP contribution in [0.25, 0.3) is 0 Å². The molecule has 0 fully saturated rings. The quantitative estimate of drug-likeness (QED) is 0.705. The monoisotopic (exact) mass is 391 g/mol. The van der Waals surface area contributed by atoms with Crippen molar-refractivity contribution in [3.8, 4) is 0 Å². The number of rotatable bonds is 7. The lowest BCUT2D eigenvalue weighted by Crippen LogP contribution is -2.30. The second kappa shape index (κ2) is 7.54. The summed E-state index contributed by atoms with van der Waals surface area (Å²) in [5.41, 5.74) is 0.702. The van der Waals surface area contributed by atoms with Gasteiger partial charge in [-0.05, 0) is 48.3 Å². The van der Waals surface area contributed by atoms with E-state index in [4.69, 9.17) is 14.7 Å². The van der Waals surface area contributed by atoms with E-state index in [2.05, 4.69) is 62.5 Å². The van der Waals surface area contributed by atoms with Crippen molar-refractivity contribution < 1.29 is 4.74 Å². The standard InChI is InChI=1S/C15H26IN3O/c1-7-15(8-2,20-6)14-18-12(10(4)5)11(16)13(19-14)17-9-3/h10H,7-9H2,1-6H3,(H,17,18,19). The molecule has 0 aliphatic rings. The van der Waals surface area contributed by atoms with Crippen molar-refractivity contribution in [3.63, 3.8) is 0 Å². The van der Waals surface area contributed by atoms with Crippen molar-refractivity contribution in [2.75, 3.05) is 19.0 Å². The van der Waals surface area contributed by atoms with Crippen LogP contribution >= 0.6 is 22.6 Å². The van der Waals surface area contributed by atoms with Crippen molar-refractivity contribution in [2.45, 2.75) is 59.0 Å². The molecule has 0 radical (unpaired) electrons. The zero-order valence-electron chi connectivity index (χ0n) is 13.4. The minimum absolute atomic E-state index is 0.365. The highest BCUT2D eigenvalue weighted by Gasteiger charge is 2.33. The third-order valence-electron chi connectivity index (χ3n) is 3.71. The number of nitrogens with zero attached hydrogens (tertiary/aromatic N) is 2. The highest BCUT2D eigenvalue weighted by Crippen LogP contribution is 2.34. The van der Waals surface area contributed by atoms with Gasteiger partial charge in [0.15, 0.2) is 5.82 Å². The van der Waals surface area contributed by atoms with E-state index < -0.39 is 5.60 Å². The summed E-state index contributed by atoms with van der Waals surface area (Å²) in [4.78, 5) is 9.55. The molecule has 1 heterocycles. The Morgan fingerprint density at radius 2 is 1.80 bits per heavy atom. The van der Waals surface area contributed by atoms with Gasteiger partial charge in [0.25, 0.3) is 0 Å². The fourth-order valence-corrected chi connectivity index (χ4v) is 3.34. The highest BCUT2D eigenvalue weighted by molar-refractivity contribution is 14.1. The number of hydrogen-bond donors (Lipinski definition) is 1. The molecule has 0 aliphatic heterocycles. The van der Waals surface area contributed by atoms with Crippen LogP contribution in [0.2, 0.25) is 0 Å². The highest BCUT2D eigenvalue weighted by atomic mass is 127. The van der Waals surface area contributed by atoms with E-state index in [1.807, 2.05) is 0 Å². The fraction of sp³-hybridized carbons (Fsp3) is 0.733. The summed E-state index contributed by atoms with van der Waals surface area (Å²) in [5, 5.41) is 3.34. The summed E-state index contributed by atoms with van der Waals surface area (Å²) in [7, 11) is 1.75. The normalized spacial score (nSPS) is 12.0. The third-order valence-corrected chi connectivity index (χ3v) is 4.77. The van der Waals surface area contributed by atoms with E-state index in [-0.39, 0.29) is 0 Å². The van der Waals surface area contributed by atoms with Crippen molar-refractivity contribution in [2.24, 2.45) is 0 Å². The Bertz CT molecular complexity index is 437. The van der Waals surface area contributed by atoms with E-state index in [0.717, 1.165) is 40.3 Å². The van der Waals surface area contributed by atoms with E-state index >= 15 is 0 Å². The first-order valence-electron chi connectivity index (χ1n) is 7.32. The van der Waals surface area contributed by atoms with Gasteiger partial charge >= 0.3 is 0 Å². The summed E-state index contributed by atoms with van der Waals surface area (Å²) in [5.74, 6) is 2.08. The van der Waals surface area contributed by atoms with E-state index in [1.165, 1.54) is 0 Å². The maximum atomic E-state index is 5.77. The average Bonchev–Trinajstić information content (AvgIpc) is 2.44. The fourth-order valence-electron chi connectivity index (χ4n) is 2.28. The first-order chi connectivity index (χ1) is 9.45. The van der Waals surface area contributed by atoms with Crippen molar-refractivity contribution >= 4 is 28.4 Å². The van der Waals surface area contributed by atoms with E-state index in [1.54, 1.807) is 7.11 Å². The van der Waals surface area contributed by atoms with Crippen LogP contribution in [0.3, 0.4) is 0 Å². The molecule has 0 spiro atoms. The molecule has 114 valence electrons. The Hall–Kier alpha value is -0.430. The molecule has 20 heavy (non-hydrogen) atoms. The Morgan fingerprint density at radius 1 is 1.20 bits per heavy atom. The smallest absolute Gasteiger partial charge is 0.162 e. The molecule has 4 nitrogen and oxygen atoms in total. The van der Waals surface area contributed by atoms with Gasteiger partial charge in [-0.1, -0.05) is 27.7 Å². The molecule has 5 heteroatoms. The summed E-state index contributed by atoms with van der Waals surface area (Å²) < 4.78 is 6.89. The van der Waals surface area contributed by atoms with Crippen LogP contribution in [0.15, 0.2) is 0 Å². The molecular formula is C15H26IN3O. The second-order valence-electron chi connectivity index (χ2n) is 5.19. The lowest BCUT2D eigenvalue weighted by Gasteiger charge is -2.30. The molecule has 0 amide bonds. The number of nitrogens with one attached hydrogen (secondary N) is 1.